The molecule has 0 aliphatic carbocycles. The van der Waals surface area contributed by atoms with Crippen molar-refractivity contribution in [3.8, 4) is 5.75 Å². The third kappa shape index (κ3) is 4.45. The van der Waals surface area contributed by atoms with Crippen LogP contribution < -0.4 is 15.8 Å². The maximum absolute atomic E-state index is 11.6. The van der Waals surface area contributed by atoms with E-state index in [2.05, 4.69) is 12.2 Å². The number of hydrogen-bond acceptors (Lipinski definition) is 3. The minimum absolute atomic E-state index is 0.0814. The number of rotatable bonds is 6. The summed E-state index contributed by atoms with van der Waals surface area (Å²) in [4.78, 5) is 11.6. The van der Waals surface area contributed by atoms with Crippen molar-refractivity contribution in [1.29, 1.82) is 0 Å². The van der Waals surface area contributed by atoms with Crippen LogP contribution in [0.4, 0.5) is 5.69 Å². The van der Waals surface area contributed by atoms with Crippen molar-refractivity contribution in [3.63, 3.8) is 0 Å². The number of benzene rings is 1. The summed E-state index contributed by atoms with van der Waals surface area (Å²) in [5.41, 5.74) is 6.14. The van der Waals surface area contributed by atoms with Crippen molar-refractivity contribution in [2.45, 2.75) is 32.7 Å². The van der Waals surface area contributed by atoms with Crippen LogP contribution in [0.25, 0.3) is 0 Å². The Hall–Kier alpha value is -1.42. The summed E-state index contributed by atoms with van der Waals surface area (Å²) in [7, 11) is 0. The van der Waals surface area contributed by atoms with E-state index in [0.29, 0.717) is 16.5 Å². The number of halogens is 1. The van der Waals surface area contributed by atoms with Gasteiger partial charge in [-0.1, -0.05) is 31.0 Å². The van der Waals surface area contributed by atoms with E-state index in [1.165, 1.54) is 0 Å². The van der Waals surface area contributed by atoms with Gasteiger partial charge in [-0.3, -0.25) is 4.79 Å². The topological polar surface area (TPSA) is 64.3 Å². The molecule has 0 aliphatic heterocycles. The Labute approximate surface area is 112 Å². The number of carbonyl (C=O) groups excluding carboxylic acids is 1. The van der Waals surface area contributed by atoms with Gasteiger partial charge in [0.2, 0.25) is 0 Å². The van der Waals surface area contributed by atoms with E-state index in [-0.39, 0.29) is 18.6 Å². The highest BCUT2D eigenvalue weighted by molar-refractivity contribution is 6.32. The van der Waals surface area contributed by atoms with Crippen LogP contribution >= 0.6 is 11.6 Å². The molecule has 1 unspecified atom stereocenters. The molecule has 5 heteroatoms. The standard InChI is InChI=1S/C13H19ClN2O2/c1-3-5-9(2)16-12(17)8-18-13-10(14)6-4-7-11(13)15/h4,6-7,9H,3,5,8,15H2,1-2H3,(H,16,17). The molecule has 1 atom stereocenters. The van der Waals surface area contributed by atoms with Gasteiger partial charge in [-0.05, 0) is 25.5 Å². The highest BCUT2D eigenvalue weighted by Crippen LogP contribution is 2.30. The number of hydrogen-bond donors (Lipinski definition) is 2. The smallest absolute Gasteiger partial charge is 0.258 e. The molecule has 0 radical (unpaired) electrons. The number of ether oxygens (including phenoxy) is 1. The van der Waals surface area contributed by atoms with E-state index >= 15 is 0 Å². The van der Waals surface area contributed by atoms with E-state index in [4.69, 9.17) is 22.1 Å². The number of nitrogen functional groups attached to an aromatic ring is 1. The molecule has 0 aromatic heterocycles. The minimum atomic E-state index is -0.171. The Morgan fingerprint density at radius 1 is 1.56 bits per heavy atom. The molecular formula is C13H19ClN2O2. The van der Waals surface area contributed by atoms with Crippen LogP contribution in [0.2, 0.25) is 5.02 Å². The van der Waals surface area contributed by atoms with Crippen LogP contribution in [-0.2, 0) is 4.79 Å². The Morgan fingerprint density at radius 3 is 2.89 bits per heavy atom. The predicted molar refractivity (Wildman–Crippen MR) is 73.9 cm³/mol. The fourth-order valence-corrected chi connectivity index (χ4v) is 1.87. The molecule has 0 heterocycles. The molecule has 4 nitrogen and oxygen atoms in total. The predicted octanol–water partition coefficient (Wildman–Crippen LogP) is 2.61. The lowest BCUT2D eigenvalue weighted by molar-refractivity contribution is -0.123. The van der Waals surface area contributed by atoms with E-state index in [1.54, 1.807) is 18.2 Å². The molecule has 0 aliphatic rings. The maximum atomic E-state index is 11.6. The zero-order valence-corrected chi connectivity index (χ0v) is 11.5. The lowest BCUT2D eigenvalue weighted by Gasteiger charge is -2.14. The largest absolute Gasteiger partial charge is 0.480 e. The van der Waals surface area contributed by atoms with Crippen LogP contribution in [0.3, 0.4) is 0 Å². The van der Waals surface area contributed by atoms with Gasteiger partial charge in [0.25, 0.3) is 5.91 Å². The third-order valence-electron chi connectivity index (χ3n) is 2.47. The number of nitrogens with two attached hydrogens (primary N) is 1. The maximum Gasteiger partial charge on any atom is 0.258 e. The number of para-hydroxylation sites is 1. The number of anilines is 1. The number of carbonyl (C=O) groups is 1. The average molecular weight is 271 g/mol. The molecule has 3 N–H and O–H groups in total. The van der Waals surface area contributed by atoms with Crippen LogP contribution in [0.5, 0.6) is 5.75 Å². The van der Waals surface area contributed by atoms with E-state index in [0.717, 1.165) is 12.8 Å². The summed E-state index contributed by atoms with van der Waals surface area (Å²) < 4.78 is 5.34. The van der Waals surface area contributed by atoms with Gasteiger partial charge >= 0.3 is 0 Å². The highest BCUT2D eigenvalue weighted by atomic mass is 35.5. The summed E-state index contributed by atoms with van der Waals surface area (Å²) in [6.07, 6.45) is 1.97. The van der Waals surface area contributed by atoms with Crippen molar-refractivity contribution < 1.29 is 9.53 Å². The van der Waals surface area contributed by atoms with Crippen LogP contribution in [0.15, 0.2) is 18.2 Å². The molecule has 0 fully saturated rings. The third-order valence-corrected chi connectivity index (χ3v) is 2.77. The Balaban J connectivity index is 2.48. The fraction of sp³-hybridized carbons (Fsp3) is 0.462. The normalized spacial score (nSPS) is 11.9. The molecule has 1 aromatic rings. The van der Waals surface area contributed by atoms with E-state index in [1.807, 2.05) is 6.92 Å². The molecule has 1 amide bonds. The second-order valence-corrected chi connectivity index (χ2v) is 4.61. The molecule has 0 saturated heterocycles. The second kappa shape index (κ2) is 7.11. The van der Waals surface area contributed by atoms with Crippen molar-refractivity contribution in [2.75, 3.05) is 12.3 Å². The van der Waals surface area contributed by atoms with Gasteiger partial charge < -0.3 is 15.8 Å². The first kappa shape index (κ1) is 14.6. The van der Waals surface area contributed by atoms with Gasteiger partial charge in [0.05, 0.1) is 10.7 Å². The van der Waals surface area contributed by atoms with Crippen LogP contribution in [-0.4, -0.2) is 18.6 Å². The second-order valence-electron chi connectivity index (χ2n) is 4.20. The molecule has 0 saturated carbocycles. The number of amides is 1. The van der Waals surface area contributed by atoms with Crippen molar-refractivity contribution in [3.05, 3.63) is 23.2 Å². The first-order chi connectivity index (χ1) is 8.54. The summed E-state index contributed by atoms with van der Waals surface area (Å²) in [6.45, 7) is 3.96. The Bertz CT molecular complexity index is 390. The molecule has 18 heavy (non-hydrogen) atoms. The van der Waals surface area contributed by atoms with Gasteiger partial charge in [0.15, 0.2) is 12.4 Å². The zero-order chi connectivity index (χ0) is 13.5. The first-order valence-electron chi connectivity index (χ1n) is 6.00. The van der Waals surface area contributed by atoms with Crippen molar-refractivity contribution >= 4 is 23.2 Å². The zero-order valence-electron chi connectivity index (χ0n) is 10.7. The van der Waals surface area contributed by atoms with Crippen LogP contribution in [0.1, 0.15) is 26.7 Å². The Kier molecular flexibility index (Phi) is 5.78. The molecule has 0 spiro atoms. The first-order valence-corrected chi connectivity index (χ1v) is 6.38. The highest BCUT2D eigenvalue weighted by Gasteiger charge is 2.10. The summed E-state index contributed by atoms with van der Waals surface area (Å²) in [5, 5.41) is 3.25. The van der Waals surface area contributed by atoms with Gasteiger partial charge in [-0.15, -0.1) is 0 Å². The molecule has 0 bridgehead atoms. The van der Waals surface area contributed by atoms with Crippen molar-refractivity contribution in [2.24, 2.45) is 0 Å². The minimum Gasteiger partial charge on any atom is -0.480 e. The Morgan fingerprint density at radius 2 is 2.28 bits per heavy atom. The van der Waals surface area contributed by atoms with E-state index < -0.39 is 0 Å². The lowest BCUT2D eigenvalue weighted by atomic mass is 10.2. The molecule has 1 rings (SSSR count). The van der Waals surface area contributed by atoms with E-state index in [9.17, 15) is 4.79 Å². The van der Waals surface area contributed by atoms with Gasteiger partial charge in [-0.2, -0.15) is 0 Å². The molecule has 100 valence electrons. The SMILES string of the molecule is CCCC(C)NC(=O)COc1c(N)cccc1Cl. The quantitative estimate of drug-likeness (QED) is 0.781. The van der Waals surface area contributed by atoms with Gasteiger partial charge in [0.1, 0.15) is 0 Å². The van der Waals surface area contributed by atoms with Gasteiger partial charge in [0, 0.05) is 6.04 Å². The molecular weight excluding hydrogens is 252 g/mol. The summed E-state index contributed by atoms with van der Waals surface area (Å²) >= 11 is 5.93. The van der Waals surface area contributed by atoms with Crippen LogP contribution in [0, 0.1) is 0 Å². The molecule has 1 aromatic carbocycles. The number of nitrogens with one attached hydrogen (secondary N) is 1. The van der Waals surface area contributed by atoms with Crippen molar-refractivity contribution in [1.82, 2.24) is 5.32 Å². The average Bonchev–Trinajstić information content (AvgIpc) is 2.28. The van der Waals surface area contributed by atoms with Gasteiger partial charge in [-0.25, -0.2) is 0 Å². The summed E-state index contributed by atoms with van der Waals surface area (Å²) in [5.74, 6) is 0.188. The monoisotopic (exact) mass is 270 g/mol. The fourth-order valence-electron chi connectivity index (χ4n) is 1.64. The summed E-state index contributed by atoms with van der Waals surface area (Å²) in [6, 6.07) is 5.23. The lowest BCUT2D eigenvalue weighted by Crippen LogP contribution is -2.36.